The van der Waals surface area contributed by atoms with E-state index in [1.165, 1.54) is 23.9 Å². The zero-order valence-electron chi connectivity index (χ0n) is 13.4. The van der Waals surface area contributed by atoms with Crippen molar-refractivity contribution in [1.29, 1.82) is 0 Å². The van der Waals surface area contributed by atoms with Crippen molar-refractivity contribution in [2.45, 2.75) is 23.1 Å². The Kier molecular flexibility index (Phi) is 6.19. The first-order valence-electron chi connectivity index (χ1n) is 7.43. The molecule has 0 unspecified atom stereocenters. The fraction of sp³-hybridized carbons (Fsp3) is 0.167. The number of carbonyl (C=O) groups excluding carboxylic acids is 1. The van der Waals surface area contributed by atoms with Gasteiger partial charge in [0.2, 0.25) is 0 Å². The number of carbonyl (C=O) groups is 3. The van der Waals surface area contributed by atoms with Crippen molar-refractivity contribution >= 4 is 29.7 Å². The van der Waals surface area contributed by atoms with E-state index in [0.717, 1.165) is 4.90 Å². The van der Waals surface area contributed by atoms with E-state index in [9.17, 15) is 14.4 Å². The Labute approximate surface area is 148 Å². The lowest BCUT2D eigenvalue weighted by molar-refractivity contribution is -0.136. The van der Waals surface area contributed by atoms with E-state index in [0.29, 0.717) is 22.6 Å². The van der Waals surface area contributed by atoms with E-state index in [-0.39, 0.29) is 12.0 Å². The van der Waals surface area contributed by atoms with Crippen molar-refractivity contribution in [2.75, 3.05) is 6.61 Å². The number of ether oxygens (including phenoxy) is 1. The predicted molar refractivity (Wildman–Crippen MR) is 91.3 cm³/mol. The maximum absolute atomic E-state index is 11.6. The van der Waals surface area contributed by atoms with Crippen molar-refractivity contribution in [3.05, 3.63) is 59.2 Å². The molecule has 0 amide bonds. The van der Waals surface area contributed by atoms with Crippen LogP contribution in [0, 0.1) is 0 Å². The van der Waals surface area contributed by atoms with Crippen LogP contribution in [0.4, 0.5) is 0 Å². The first-order chi connectivity index (χ1) is 11.9. The number of aromatic carboxylic acids is 1. The Bertz CT molecular complexity index is 798. The molecule has 0 heterocycles. The smallest absolute Gasteiger partial charge is 0.338 e. The summed E-state index contributed by atoms with van der Waals surface area (Å²) < 4.78 is 4.92. The summed E-state index contributed by atoms with van der Waals surface area (Å²) in [6.07, 6.45) is -0.273. The van der Waals surface area contributed by atoms with Gasteiger partial charge in [0.1, 0.15) is 0 Å². The van der Waals surface area contributed by atoms with Gasteiger partial charge in [0.15, 0.2) is 0 Å². The minimum atomic E-state index is -1.11. The minimum Gasteiger partial charge on any atom is -0.481 e. The Morgan fingerprint density at radius 2 is 1.64 bits per heavy atom. The Hall–Kier alpha value is -2.80. The fourth-order valence-electron chi connectivity index (χ4n) is 2.11. The average molecular weight is 360 g/mol. The van der Waals surface area contributed by atoms with Crippen LogP contribution in [0.5, 0.6) is 0 Å². The highest BCUT2D eigenvalue weighted by molar-refractivity contribution is 7.99. The van der Waals surface area contributed by atoms with Gasteiger partial charge in [-0.3, -0.25) is 4.79 Å². The zero-order valence-corrected chi connectivity index (χ0v) is 14.2. The van der Waals surface area contributed by atoms with E-state index < -0.39 is 17.9 Å². The highest BCUT2D eigenvalue weighted by atomic mass is 32.2. The summed E-state index contributed by atoms with van der Waals surface area (Å²) in [4.78, 5) is 35.2. The van der Waals surface area contributed by atoms with E-state index in [1.54, 1.807) is 37.3 Å². The van der Waals surface area contributed by atoms with Gasteiger partial charge in [-0.1, -0.05) is 11.8 Å². The third kappa shape index (κ3) is 5.09. The van der Waals surface area contributed by atoms with Gasteiger partial charge in [-0.2, -0.15) is 0 Å². The maximum Gasteiger partial charge on any atom is 0.338 e. The van der Waals surface area contributed by atoms with Crippen LogP contribution in [0.1, 0.15) is 33.2 Å². The lowest BCUT2D eigenvalue weighted by Crippen LogP contribution is -2.05. The number of carboxylic acid groups (broad SMARTS) is 2. The van der Waals surface area contributed by atoms with Crippen LogP contribution in [0.3, 0.4) is 0 Å². The second-order valence-corrected chi connectivity index (χ2v) is 6.16. The highest BCUT2D eigenvalue weighted by Crippen LogP contribution is 2.31. The summed E-state index contributed by atoms with van der Waals surface area (Å²) in [5, 5.41) is 18.1. The van der Waals surface area contributed by atoms with Gasteiger partial charge in [-0.05, 0) is 55.0 Å². The van der Waals surface area contributed by atoms with Crippen LogP contribution >= 0.6 is 11.8 Å². The Morgan fingerprint density at radius 1 is 1.00 bits per heavy atom. The Morgan fingerprint density at radius 3 is 2.20 bits per heavy atom. The molecule has 6 nitrogen and oxygen atoms in total. The van der Waals surface area contributed by atoms with Crippen molar-refractivity contribution in [2.24, 2.45) is 0 Å². The molecule has 0 aromatic heterocycles. The molecule has 0 atom stereocenters. The number of hydrogen-bond donors (Lipinski definition) is 2. The van der Waals surface area contributed by atoms with Crippen LogP contribution in [-0.4, -0.2) is 34.7 Å². The summed E-state index contributed by atoms with van der Waals surface area (Å²) in [6.45, 7) is 2.02. The van der Waals surface area contributed by atoms with Crippen molar-refractivity contribution < 1.29 is 29.3 Å². The van der Waals surface area contributed by atoms with Crippen LogP contribution in [0.15, 0.2) is 52.3 Å². The van der Waals surface area contributed by atoms with Gasteiger partial charge >= 0.3 is 17.9 Å². The monoisotopic (exact) mass is 360 g/mol. The second-order valence-electron chi connectivity index (χ2n) is 5.05. The highest BCUT2D eigenvalue weighted by Gasteiger charge is 2.13. The summed E-state index contributed by atoms with van der Waals surface area (Å²) in [5.41, 5.74) is 0.892. The molecule has 0 saturated heterocycles. The molecular weight excluding hydrogens is 344 g/mol. The van der Waals surface area contributed by atoms with E-state index in [4.69, 9.17) is 14.9 Å². The maximum atomic E-state index is 11.6. The standard InChI is InChI=1S/C18H16O6S/c1-2-24-18(23)11-3-6-14(7-4-11)25-15-8-5-12(17(21)22)9-13(15)10-16(19)20/h3-9H,2,10H2,1H3,(H,19,20)(H,21,22). The number of rotatable bonds is 7. The minimum absolute atomic E-state index is 0.0401. The zero-order chi connectivity index (χ0) is 18.4. The summed E-state index contributed by atoms with van der Waals surface area (Å²) >= 11 is 1.30. The molecule has 0 aliphatic carbocycles. The van der Waals surface area contributed by atoms with Gasteiger partial charge in [0.25, 0.3) is 0 Å². The molecule has 0 saturated carbocycles. The van der Waals surface area contributed by atoms with Crippen LogP contribution in [-0.2, 0) is 16.0 Å². The molecule has 0 fully saturated rings. The molecule has 0 bridgehead atoms. The predicted octanol–water partition coefficient (Wildman–Crippen LogP) is 3.34. The van der Waals surface area contributed by atoms with Gasteiger partial charge in [-0.25, -0.2) is 9.59 Å². The topological polar surface area (TPSA) is 101 Å². The van der Waals surface area contributed by atoms with E-state index in [2.05, 4.69) is 0 Å². The lowest BCUT2D eigenvalue weighted by atomic mass is 10.1. The van der Waals surface area contributed by atoms with Gasteiger partial charge in [-0.15, -0.1) is 0 Å². The van der Waals surface area contributed by atoms with Gasteiger partial charge < -0.3 is 14.9 Å². The quantitative estimate of drug-likeness (QED) is 0.730. The third-order valence-electron chi connectivity index (χ3n) is 3.24. The normalized spacial score (nSPS) is 10.3. The summed E-state index contributed by atoms with van der Waals surface area (Å²) in [5.74, 6) is -2.56. The van der Waals surface area contributed by atoms with Gasteiger partial charge in [0.05, 0.1) is 24.2 Å². The summed E-state index contributed by atoms with van der Waals surface area (Å²) in [6, 6.07) is 11.1. The SMILES string of the molecule is CCOC(=O)c1ccc(Sc2ccc(C(=O)O)cc2CC(=O)O)cc1. The molecule has 0 aliphatic rings. The van der Waals surface area contributed by atoms with Crippen molar-refractivity contribution in [1.82, 2.24) is 0 Å². The lowest BCUT2D eigenvalue weighted by Gasteiger charge is -2.09. The largest absolute Gasteiger partial charge is 0.481 e. The number of hydrogen-bond acceptors (Lipinski definition) is 5. The summed E-state index contributed by atoms with van der Waals surface area (Å²) in [7, 11) is 0. The molecule has 7 heteroatoms. The molecule has 2 N–H and O–H groups in total. The number of carboxylic acids is 2. The fourth-order valence-corrected chi connectivity index (χ4v) is 3.04. The molecule has 25 heavy (non-hydrogen) atoms. The number of benzene rings is 2. The number of aliphatic carboxylic acids is 1. The molecule has 0 spiro atoms. The molecular formula is C18H16O6S. The molecule has 130 valence electrons. The molecule has 0 aliphatic heterocycles. The van der Waals surface area contributed by atoms with E-state index >= 15 is 0 Å². The first kappa shape index (κ1) is 18.5. The van der Waals surface area contributed by atoms with Gasteiger partial charge in [0, 0.05) is 9.79 Å². The first-order valence-corrected chi connectivity index (χ1v) is 8.25. The second kappa shape index (κ2) is 8.34. The molecule has 2 aromatic carbocycles. The number of esters is 1. The van der Waals surface area contributed by atoms with Crippen LogP contribution in [0.25, 0.3) is 0 Å². The molecule has 0 radical (unpaired) electrons. The van der Waals surface area contributed by atoms with Crippen molar-refractivity contribution in [3.8, 4) is 0 Å². The Balaban J connectivity index is 2.25. The van der Waals surface area contributed by atoms with E-state index in [1.807, 2.05) is 0 Å². The average Bonchev–Trinajstić information content (AvgIpc) is 2.56. The molecule has 2 rings (SSSR count). The van der Waals surface area contributed by atoms with Crippen LogP contribution in [0.2, 0.25) is 0 Å². The molecule has 2 aromatic rings. The third-order valence-corrected chi connectivity index (χ3v) is 4.37. The van der Waals surface area contributed by atoms with Crippen molar-refractivity contribution in [3.63, 3.8) is 0 Å². The van der Waals surface area contributed by atoms with Crippen LogP contribution < -0.4 is 0 Å².